The van der Waals surface area contributed by atoms with E-state index in [0.29, 0.717) is 0 Å². The van der Waals surface area contributed by atoms with Crippen LogP contribution < -0.4 is 5.32 Å². The summed E-state index contributed by atoms with van der Waals surface area (Å²) in [5.74, 6) is -0.167. The molecule has 27 heavy (non-hydrogen) atoms. The van der Waals surface area contributed by atoms with Crippen LogP contribution in [-0.4, -0.2) is 37.5 Å². The first-order valence-electron chi connectivity index (χ1n) is 9.51. The van der Waals surface area contributed by atoms with Crippen LogP contribution in [0.5, 0.6) is 0 Å². The summed E-state index contributed by atoms with van der Waals surface area (Å²) in [7, 11) is 1.36. The average Bonchev–Trinajstić information content (AvgIpc) is 2.70. The molecule has 6 heteroatoms. The number of hydrogen-bond donors (Lipinski definition) is 1. The van der Waals surface area contributed by atoms with E-state index >= 15 is 0 Å². The number of rotatable bonds is 10. The molecule has 4 atom stereocenters. The minimum Gasteiger partial charge on any atom is -0.467 e. The van der Waals surface area contributed by atoms with Crippen LogP contribution in [0.3, 0.4) is 0 Å². The van der Waals surface area contributed by atoms with E-state index in [4.69, 9.17) is 9.47 Å². The Morgan fingerprint density at radius 1 is 1.11 bits per heavy atom. The monoisotopic (exact) mass is 376 g/mol. The average molecular weight is 376 g/mol. The van der Waals surface area contributed by atoms with Crippen molar-refractivity contribution in [2.24, 2.45) is 16.8 Å². The first-order valence-corrected chi connectivity index (χ1v) is 9.51. The zero-order chi connectivity index (χ0) is 20.2. The molecule has 0 saturated heterocycles. The second-order valence-electron chi connectivity index (χ2n) is 6.77. The number of carbonyl (C=O) groups excluding carboxylic acids is 2. The highest BCUT2D eigenvalue weighted by atomic mass is 16.5. The van der Waals surface area contributed by atoms with Crippen molar-refractivity contribution in [2.75, 3.05) is 7.11 Å². The van der Waals surface area contributed by atoms with Crippen molar-refractivity contribution in [3.63, 3.8) is 0 Å². The fourth-order valence-electron chi connectivity index (χ4n) is 2.45. The number of benzene rings is 1. The van der Waals surface area contributed by atoms with Gasteiger partial charge in [0, 0.05) is 6.21 Å². The van der Waals surface area contributed by atoms with Crippen molar-refractivity contribution in [3.8, 4) is 0 Å². The number of ether oxygens (including phenoxy) is 2. The Labute approximate surface area is 162 Å². The highest BCUT2D eigenvalue weighted by molar-refractivity contribution is 5.80. The highest BCUT2D eigenvalue weighted by Gasteiger charge is 2.25. The third-order valence-electron chi connectivity index (χ3n) is 4.79. The van der Waals surface area contributed by atoms with Crippen molar-refractivity contribution in [1.82, 2.24) is 5.32 Å². The fourth-order valence-corrected chi connectivity index (χ4v) is 2.45. The Bertz CT molecular complexity index is 603. The van der Waals surface area contributed by atoms with Gasteiger partial charge in [-0.3, -0.25) is 4.99 Å². The minimum absolute atomic E-state index is 0.0521. The first kappa shape index (κ1) is 22.7. The summed E-state index contributed by atoms with van der Waals surface area (Å²) in [4.78, 5) is 28.6. The number of carbonyl (C=O) groups is 2. The SMILES string of the molecule is CC[C@H](C)[C@H](N=C[C@@H](NC(=O)OCc1ccccc1)[C@@H](C)CC)C(=O)OC. The lowest BCUT2D eigenvalue weighted by Crippen LogP contribution is -2.41. The van der Waals surface area contributed by atoms with Crippen LogP contribution in [0.25, 0.3) is 0 Å². The standard InChI is InChI=1S/C21H32N2O4/c1-6-15(3)18(13-22-19(16(4)7-2)20(24)26-5)23-21(25)27-14-17-11-9-8-10-12-17/h8-13,15-16,18-19H,6-7,14H2,1-5H3,(H,23,25)/t15-,16-,18+,19-/m0/s1. The van der Waals surface area contributed by atoms with Gasteiger partial charge in [0.25, 0.3) is 0 Å². The molecule has 0 radical (unpaired) electrons. The van der Waals surface area contributed by atoms with E-state index in [1.165, 1.54) is 7.11 Å². The maximum atomic E-state index is 12.2. The van der Waals surface area contributed by atoms with Gasteiger partial charge in [0.1, 0.15) is 12.6 Å². The van der Waals surface area contributed by atoms with E-state index in [-0.39, 0.29) is 30.5 Å². The molecule has 0 heterocycles. The van der Waals surface area contributed by atoms with Gasteiger partial charge in [-0.1, -0.05) is 70.9 Å². The van der Waals surface area contributed by atoms with Gasteiger partial charge in [0.2, 0.25) is 0 Å². The molecule has 0 aliphatic rings. The highest BCUT2D eigenvalue weighted by Crippen LogP contribution is 2.14. The van der Waals surface area contributed by atoms with E-state index < -0.39 is 12.1 Å². The molecule has 0 aliphatic heterocycles. The Hall–Kier alpha value is -2.37. The number of methoxy groups -OCH3 is 1. The fraction of sp³-hybridized carbons (Fsp3) is 0.571. The Balaban J connectivity index is 2.76. The molecule has 0 aliphatic carbocycles. The molecule has 0 spiro atoms. The van der Waals surface area contributed by atoms with Crippen LogP contribution in [0.2, 0.25) is 0 Å². The molecule has 1 aromatic carbocycles. The Morgan fingerprint density at radius 3 is 2.30 bits per heavy atom. The van der Waals surface area contributed by atoms with E-state index in [9.17, 15) is 9.59 Å². The molecular weight excluding hydrogens is 344 g/mol. The molecule has 0 saturated carbocycles. The maximum Gasteiger partial charge on any atom is 0.407 e. The molecule has 1 N–H and O–H groups in total. The molecule has 150 valence electrons. The lowest BCUT2D eigenvalue weighted by Gasteiger charge is -2.22. The van der Waals surface area contributed by atoms with Gasteiger partial charge in [0.05, 0.1) is 13.2 Å². The Kier molecular flexibility index (Phi) is 10.2. The Morgan fingerprint density at radius 2 is 1.74 bits per heavy atom. The van der Waals surface area contributed by atoms with Crippen LogP contribution in [0.4, 0.5) is 4.79 Å². The van der Waals surface area contributed by atoms with Crippen molar-refractivity contribution in [3.05, 3.63) is 35.9 Å². The lowest BCUT2D eigenvalue weighted by atomic mass is 9.98. The molecule has 0 bridgehead atoms. The molecule has 0 fully saturated rings. The van der Waals surface area contributed by atoms with Crippen LogP contribution >= 0.6 is 0 Å². The molecule has 0 unspecified atom stereocenters. The number of nitrogens with one attached hydrogen (secondary N) is 1. The third kappa shape index (κ3) is 7.81. The normalized spacial score (nSPS) is 15.6. The summed E-state index contributed by atoms with van der Waals surface area (Å²) in [6.07, 6.45) is 2.79. The summed E-state index contributed by atoms with van der Waals surface area (Å²) < 4.78 is 10.2. The van der Waals surface area contributed by atoms with Crippen molar-refractivity contribution >= 4 is 18.3 Å². The smallest absolute Gasteiger partial charge is 0.407 e. The summed E-state index contributed by atoms with van der Waals surface area (Å²) in [5, 5.41) is 2.84. The van der Waals surface area contributed by atoms with E-state index in [0.717, 1.165) is 18.4 Å². The summed E-state index contributed by atoms with van der Waals surface area (Å²) in [5.41, 5.74) is 0.920. The summed E-state index contributed by atoms with van der Waals surface area (Å²) in [6.45, 7) is 8.22. The second kappa shape index (κ2) is 12.1. The molecule has 1 aromatic rings. The van der Waals surface area contributed by atoms with Crippen molar-refractivity contribution in [1.29, 1.82) is 0 Å². The van der Waals surface area contributed by atoms with Gasteiger partial charge in [-0.05, 0) is 17.4 Å². The van der Waals surface area contributed by atoms with Crippen LogP contribution in [0, 0.1) is 11.8 Å². The number of hydrogen-bond acceptors (Lipinski definition) is 5. The summed E-state index contributed by atoms with van der Waals surface area (Å²) in [6, 6.07) is 8.60. The quantitative estimate of drug-likeness (QED) is 0.495. The van der Waals surface area contributed by atoms with Crippen LogP contribution in [0.15, 0.2) is 35.3 Å². The van der Waals surface area contributed by atoms with E-state index in [1.54, 1.807) is 6.21 Å². The van der Waals surface area contributed by atoms with E-state index in [2.05, 4.69) is 10.3 Å². The van der Waals surface area contributed by atoms with Crippen molar-refractivity contribution in [2.45, 2.75) is 59.2 Å². The molecule has 6 nitrogen and oxygen atoms in total. The topological polar surface area (TPSA) is 77.0 Å². The zero-order valence-electron chi connectivity index (χ0n) is 17.0. The number of esters is 1. The summed E-state index contributed by atoms with van der Waals surface area (Å²) >= 11 is 0. The van der Waals surface area contributed by atoms with Crippen LogP contribution in [-0.2, 0) is 20.9 Å². The van der Waals surface area contributed by atoms with Gasteiger partial charge < -0.3 is 14.8 Å². The predicted octanol–water partition coefficient (Wildman–Crippen LogP) is 3.99. The van der Waals surface area contributed by atoms with Gasteiger partial charge in [0.15, 0.2) is 0 Å². The van der Waals surface area contributed by atoms with Gasteiger partial charge in [-0.15, -0.1) is 0 Å². The largest absolute Gasteiger partial charge is 0.467 e. The number of alkyl carbamates (subject to hydrolysis) is 1. The molecule has 1 rings (SSSR count). The number of amides is 1. The minimum atomic E-state index is -0.575. The van der Waals surface area contributed by atoms with Gasteiger partial charge in [-0.2, -0.15) is 0 Å². The van der Waals surface area contributed by atoms with E-state index in [1.807, 2.05) is 58.0 Å². The van der Waals surface area contributed by atoms with Gasteiger partial charge >= 0.3 is 12.1 Å². The second-order valence-corrected chi connectivity index (χ2v) is 6.77. The molecule has 0 aromatic heterocycles. The maximum absolute atomic E-state index is 12.2. The van der Waals surface area contributed by atoms with Crippen LogP contribution in [0.1, 0.15) is 46.1 Å². The third-order valence-corrected chi connectivity index (χ3v) is 4.79. The number of nitrogens with zero attached hydrogens (tertiary/aromatic N) is 1. The molecule has 1 amide bonds. The lowest BCUT2D eigenvalue weighted by molar-refractivity contribution is -0.143. The first-order chi connectivity index (χ1) is 12.9. The van der Waals surface area contributed by atoms with Crippen molar-refractivity contribution < 1.29 is 19.1 Å². The predicted molar refractivity (Wildman–Crippen MR) is 107 cm³/mol. The number of aliphatic imine (C=N–C) groups is 1. The van der Waals surface area contributed by atoms with Gasteiger partial charge in [-0.25, -0.2) is 9.59 Å². The molecular formula is C21H32N2O4. The zero-order valence-corrected chi connectivity index (χ0v) is 17.0.